The molecular weight excluding hydrogens is 592 g/mol. The van der Waals surface area contributed by atoms with E-state index >= 15 is 0 Å². The van der Waals surface area contributed by atoms with Crippen molar-refractivity contribution in [2.45, 2.75) is 81.7 Å². The van der Waals surface area contributed by atoms with Gasteiger partial charge >= 0.3 is 6.09 Å². The minimum atomic E-state index is -0.571. The summed E-state index contributed by atoms with van der Waals surface area (Å²) in [4.78, 5) is 31.8. The summed E-state index contributed by atoms with van der Waals surface area (Å²) < 4.78 is 16.9. The second kappa shape index (κ2) is 12.5. The summed E-state index contributed by atoms with van der Waals surface area (Å²) in [6.45, 7) is 13.8. The molecule has 5 rings (SSSR count). The highest BCUT2D eigenvalue weighted by Gasteiger charge is 2.50. The van der Waals surface area contributed by atoms with Crippen molar-refractivity contribution in [2.75, 3.05) is 56.3 Å². The summed E-state index contributed by atoms with van der Waals surface area (Å²) in [5.74, 6) is 1.42. The molecule has 236 valence electrons. The topological polar surface area (TPSA) is 122 Å². The lowest BCUT2D eigenvalue weighted by Gasteiger charge is -2.48. The SMILES string of the molecule is COCC1(C)CN(c2nccc(Sc3cnc(N4CCC5(CC4)CO[C@@H](C)[C@H]5NC(=O)OC(C)(C)C)c(CO)n3)c2Cl)C1. The number of methoxy groups -OCH3 is 1. The lowest BCUT2D eigenvalue weighted by molar-refractivity contribution is 0.0434. The maximum absolute atomic E-state index is 12.6. The fraction of sp³-hybridized carbons (Fsp3) is 0.667. The van der Waals surface area contributed by atoms with E-state index in [-0.39, 0.29) is 29.6 Å². The molecule has 2 aromatic heterocycles. The standard InChI is InChI=1S/C30H43ClN6O5S/c1-19-24(35-27(39)42-28(2,3)4)30(18-41-19)8-11-36(12-9-30)25-20(14-38)34-22(13-33-25)43-21-7-10-32-26(23(21)31)37-15-29(5,16-37)17-40-6/h7,10,13,19,24,38H,8-9,11-12,14-18H2,1-6H3,(H,35,39)/t19-,24+/m0/s1. The van der Waals surface area contributed by atoms with Crippen LogP contribution in [0.5, 0.6) is 0 Å². The number of carbonyl (C=O) groups excluding carboxylic acids is 1. The van der Waals surface area contributed by atoms with E-state index < -0.39 is 11.7 Å². The van der Waals surface area contributed by atoms with Crippen molar-refractivity contribution in [3.63, 3.8) is 0 Å². The fourth-order valence-corrected chi connectivity index (χ4v) is 7.56. The van der Waals surface area contributed by atoms with E-state index in [0.29, 0.717) is 47.9 Å². The number of halogens is 1. The van der Waals surface area contributed by atoms with Crippen LogP contribution < -0.4 is 15.1 Å². The number of nitrogens with zero attached hydrogens (tertiary/aromatic N) is 5. The third-order valence-corrected chi connectivity index (χ3v) is 9.88. The molecule has 11 nitrogen and oxygen atoms in total. The largest absolute Gasteiger partial charge is 0.444 e. The summed E-state index contributed by atoms with van der Waals surface area (Å²) in [6.07, 6.45) is 4.56. The lowest BCUT2D eigenvalue weighted by Crippen LogP contribution is -2.57. The maximum Gasteiger partial charge on any atom is 0.407 e. The number of amides is 1. The minimum Gasteiger partial charge on any atom is -0.444 e. The van der Waals surface area contributed by atoms with Gasteiger partial charge in [-0.2, -0.15) is 0 Å². The van der Waals surface area contributed by atoms with Crippen LogP contribution in [0.15, 0.2) is 28.4 Å². The van der Waals surface area contributed by atoms with Gasteiger partial charge in [-0.05, 0) is 46.6 Å². The zero-order valence-corrected chi connectivity index (χ0v) is 27.4. The Morgan fingerprint density at radius 1 is 1.23 bits per heavy atom. The molecule has 0 aliphatic carbocycles. The van der Waals surface area contributed by atoms with Gasteiger partial charge in [0.1, 0.15) is 22.1 Å². The predicted octanol–water partition coefficient (Wildman–Crippen LogP) is 4.54. The second-order valence-electron chi connectivity index (χ2n) is 13.3. The number of nitrogens with one attached hydrogen (secondary N) is 1. The van der Waals surface area contributed by atoms with Crippen molar-refractivity contribution in [3.8, 4) is 0 Å². The van der Waals surface area contributed by atoms with Crippen molar-refractivity contribution in [2.24, 2.45) is 10.8 Å². The van der Waals surface area contributed by atoms with Crippen molar-refractivity contribution in [1.82, 2.24) is 20.3 Å². The van der Waals surface area contributed by atoms with Gasteiger partial charge in [0.15, 0.2) is 5.82 Å². The highest BCUT2D eigenvalue weighted by atomic mass is 35.5. The molecule has 43 heavy (non-hydrogen) atoms. The minimum absolute atomic E-state index is 0.0902. The van der Waals surface area contributed by atoms with Gasteiger partial charge in [0.05, 0.1) is 43.2 Å². The van der Waals surface area contributed by atoms with E-state index in [0.717, 1.165) is 36.6 Å². The van der Waals surface area contributed by atoms with Crippen LogP contribution >= 0.6 is 23.4 Å². The van der Waals surface area contributed by atoms with E-state index in [1.165, 1.54) is 11.8 Å². The van der Waals surface area contributed by atoms with Crippen LogP contribution in [0.4, 0.5) is 16.4 Å². The van der Waals surface area contributed by atoms with Crippen LogP contribution in [0, 0.1) is 10.8 Å². The van der Waals surface area contributed by atoms with Crippen molar-refractivity contribution in [1.29, 1.82) is 0 Å². The van der Waals surface area contributed by atoms with E-state index in [4.69, 9.17) is 35.8 Å². The number of hydrogen-bond acceptors (Lipinski definition) is 11. The van der Waals surface area contributed by atoms with Gasteiger partial charge in [0.25, 0.3) is 0 Å². The van der Waals surface area contributed by atoms with Crippen molar-refractivity contribution >= 4 is 41.1 Å². The molecule has 1 spiro atoms. The van der Waals surface area contributed by atoms with E-state index in [9.17, 15) is 9.90 Å². The number of carbonyl (C=O) groups is 1. The zero-order valence-electron chi connectivity index (χ0n) is 25.9. The number of rotatable bonds is 8. The molecule has 3 saturated heterocycles. The maximum atomic E-state index is 12.6. The van der Waals surface area contributed by atoms with Gasteiger partial charge in [0.2, 0.25) is 0 Å². The summed E-state index contributed by atoms with van der Waals surface area (Å²) in [5, 5.41) is 14.6. The first kappa shape index (κ1) is 32.0. The molecule has 2 aromatic rings. The summed E-state index contributed by atoms with van der Waals surface area (Å²) in [6, 6.07) is 1.72. The van der Waals surface area contributed by atoms with Gasteiger partial charge in [-0.15, -0.1) is 0 Å². The third-order valence-electron chi connectivity index (χ3n) is 8.43. The molecule has 0 radical (unpaired) electrons. The number of pyridine rings is 1. The van der Waals surface area contributed by atoms with Gasteiger partial charge in [-0.25, -0.2) is 19.7 Å². The first-order valence-corrected chi connectivity index (χ1v) is 15.9. The number of anilines is 2. The van der Waals surface area contributed by atoms with E-state index in [1.54, 1.807) is 19.5 Å². The molecule has 2 N–H and O–H groups in total. The second-order valence-corrected chi connectivity index (χ2v) is 14.7. The number of aliphatic hydroxyl groups is 1. The number of ether oxygens (including phenoxy) is 3. The van der Waals surface area contributed by atoms with Gasteiger partial charge < -0.3 is 34.4 Å². The molecule has 3 aliphatic heterocycles. The Morgan fingerprint density at radius 2 is 1.95 bits per heavy atom. The van der Waals surface area contributed by atoms with Crippen molar-refractivity contribution in [3.05, 3.63) is 29.2 Å². The first-order valence-electron chi connectivity index (χ1n) is 14.7. The normalized spacial score (nSPS) is 22.9. The molecule has 1 amide bonds. The Morgan fingerprint density at radius 3 is 2.60 bits per heavy atom. The summed E-state index contributed by atoms with van der Waals surface area (Å²) in [7, 11) is 1.72. The van der Waals surface area contributed by atoms with Gasteiger partial charge in [-0.3, -0.25) is 0 Å². The van der Waals surface area contributed by atoms with Gasteiger partial charge in [0, 0.05) is 55.2 Å². The molecule has 3 fully saturated rings. The monoisotopic (exact) mass is 634 g/mol. The Hall–Kier alpha value is -2.38. The molecule has 5 heterocycles. The number of aliphatic hydroxyl groups excluding tert-OH is 1. The summed E-state index contributed by atoms with van der Waals surface area (Å²) >= 11 is 8.21. The Bertz CT molecular complexity index is 1310. The van der Waals surface area contributed by atoms with Gasteiger partial charge in [-0.1, -0.05) is 30.3 Å². The zero-order chi connectivity index (χ0) is 31.0. The quantitative estimate of drug-likeness (QED) is 0.426. The van der Waals surface area contributed by atoms with E-state index in [1.807, 2.05) is 33.8 Å². The molecular formula is C30H43ClN6O5S. The molecule has 0 aromatic carbocycles. The number of hydrogen-bond donors (Lipinski definition) is 2. The summed E-state index contributed by atoms with van der Waals surface area (Å²) in [5.41, 5.74) is -0.155. The molecule has 0 unspecified atom stereocenters. The first-order chi connectivity index (χ1) is 20.4. The van der Waals surface area contributed by atoms with E-state index in [2.05, 4.69) is 27.0 Å². The average molecular weight is 635 g/mol. The Balaban J connectivity index is 1.25. The third kappa shape index (κ3) is 6.98. The number of aromatic nitrogens is 3. The number of alkyl carbamates (subject to hydrolysis) is 1. The van der Waals surface area contributed by atoms with Crippen LogP contribution in [0.2, 0.25) is 5.02 Å². The number of piperidine rings is 1. The average Bonchev–Trinajstić information content (AvgIpc) is 3.22. The van der Waals surface area contributed by atoms with Crippen molar-refractivity contribution < 1.29 is 24.1 Å². The van der Waals surface area contributed by atoms with Crippen LogP contribution in [-0.2, 0) is 20.8 Å². The molecule has 0 saturated carbocycles. The molecule has 3 aliphatic rings. The highest BCUT2D eigenvalue weighted by Crippen LogP contribution is 2.44. The predicted molar refractivity (Wildman–Crippen MR) is 166 cm³/mol. The fourth-order valence-electron chi connectivity index (χ4n) is 6.42. The van der Waals surface area contributed by atoms with Crippen LogP contribution in [0.25, 0.3) is 0 Å². The Kier molecular flexibility index (Phi) is 9.35. The molecule has 0 bridgehead atoms. The van der Waals surface area contributed by atoms with Crippen LogP contribution in [0.3, 0.4) is 0 Å². The van der Waals surface area contributed by atoms with Crippen LogP contribution in [-0.4, -0.2) is 90.4 Å². The lowest BCUT2D eigenvalue weighted by atomic mass is 9.73. The highest BCUT2D eigenvalue weighted by molar-refractivity contribution is 7.99. The smallest absolute Gasteiger partial charge is 0.407 e. The molecule has 13 heteroatoms. The molecule has 2 atom stereocenters. The van der Waals surface area contributed by atoms with Crippen LogP contribution in [0.1, 0.15) is 53.2 Å². The Labute approximate surface area is 263 Å².